The number of hydrogen-bond donors (Lipinski definition) is 0. The molecule has 1 saturated heterocycles. The third-order valence-corrected chi connectivity index (χ3v) is 4.93. The average Bonchev–Trinajstić information content (AvgIpc) is 3.34. The molecule has 8 heteroatoms. The van der Waals surface area contributed by atoms with Gasteiger partial charge in [0.2, 0.25) is 0 Å². The smallest absolute Gasteiger partial charge is 0.274 e. The molecular formula is C19H22N6O2. The van der Waals surface area contributed by atoms with Crippen LogP contribution < -0.4 is 0 Å². The summed E-state index contributed by atoms with van der Waals surface area (Å²) in [6, 6.07) is 1.87. The number of carbonyl (C=O) groups excluding carboxylic acids is 1. The van der Waals surface area contributed by atoms with Gasteiger partial charge in [-0.05, 0) is 39.7 Å². The molecule has 1 aliphatic heterocycles. The molecule has 4 heterocycles. The van der Waals surface area contributed by atoms with Crippen molar-refractivity contribution in [3.05, 3.63) is 47.3 Å². The lowest BCUT2D eigenvalue weighted by molar-refractivity contribution is 0.0727. The maximum atomic E-state index is 12.9. The van der Waals surface area contributed by atoms with E-state index in [2.05, 4.69) is 20.1 Å². The molecule has 0 bridgehead atoms. The minimum atomic E-state index is -0.0829. The van der Waals surface area contributed by atoms with Crippen molar-refractivity contribution in [2.45, 2.75) is 39.7 Å². The summed E-state index contributed by atoms with van der Waals surface area (Å²) in [4.78, 5) is 28.2. The van der Waals surface area contributed by atoms with Gasteiger partial charge in [-0.25, -0.2) is 15.0 Å². The van der Waals surface area contributed by atoms with Gasteiger partial charge in [-0.1, -0.05) is 5.16 Å². The Bertz CT molecular complexity index is 986. The third kappa shape index (κ3) is 3.11. The summed E-state index contributed by atoms with van der Waals surface area (Å²) in [5, 5.41) is 4.02. The van der Waals surface area contributed by atoms with Gasteiger partial charge in [0.15, 0.2) is 0 Å². The zero-order chi connectivity index (χ0) is 19.1. The second-order valence-electron chi connectivity index (χ2n) is 7.01. The molecule has 0 N–H and O–H groups in total. The Kier molecular flexibility index (Phi) is 4.25. The van der Waals surface area contributed by atoms with E-state index in [0.717, 1.165) is 41.2 Å². The van der Waals surface area contributed by atoms with E-state index in [-0.39, 0.29) is 11.9 Å². The highest BCUT2D eigenvalue weighted by Gasteiger charge is 2.33. The zero-order valence-corrected chi connectivity index (χ0v) is 15.9. The highest BCUT2D eigenvalue weighted by atomic mass is 16.5. The lowest BCUT2D eigenvalue weighted by atomic mass is 10.1. The summed E-state index contributed by atoms with van der Waals surface area (Å²) in [6.07, 6.45) is 5.20. The molecule has 0 aromatic carbocycles. The number of aromatic nitrogens is 5. The van der Waals surface area contributed by atoms with E-state index in [4.69, 9.17) is 4.52 Å². The number of hydrogen-bond acceptors (Lipinski definition) is 6. The summed E-state index contributed by atoms with van der Waals surface area (Å²) in [6.45, 7) is 6.34. The first-order valence-corrected chi connectivity index (χ1v) is 9.02. The van der Waals surface area contributed by atoms with Gasteiger partial charge in [-0.3, -0.25) is 4.79 Å². The van der Waals surface area contributed by atoms with Crippen molar-refractivity contribution in [3.63, 3.8) is 0 Å². The molecule has 1 amide bonds. The number of rotatable bonds is 3. The molecule has 1 aliphatic rings. The number of carbonyl (C=O) groups is 1. The van der Waals surface area contributed by atoms with E-state index in [1.54, 1.807) is 17.1 Å². The van der Waals surface area contributed by atoms with Gasteiger partial charge < -0.3 is 14.0 Å². The van der Waals surface area contributed by atoms with Crippen LogP contribution in [0.1, 0.15) is 52.3 Å². The summed E-state index contributed by atoms with van der Waals surface area (Å²) in [5.41, 5.74) is 3.78. The van der Waals surface area contributed by atoms with Gasteiger partial charge in [0.1, 0.15) is 17.3 Å². The van der Waals surface area contributed by atoms with Crippen molar-refractivity contribution in [1.82, 2.24) is 29.6 Å². The lowest BCUT2D eigenvalue weighted by Gasteiger charge is -2.24. The largest absolute Gasteiger partial charge is 0.361 e. The van der Waals surface area contributed by atoms with Crippen LogP contribution in [0.2, 0.25) is 0 Å². The van der Waals surface area contributed by atoms with Crippen LogP contribution in [0.25, 0.3) is 11.3 Å². The van der Waals surface area contributed by atoms with Crippen molar-refractivity contribution in [3.8, 4) is 11.3 Å². The number of imidazole rings is 1. The van der Waals surface area contributed by atoms with Crippen LogP contribution in [0.15, 0.2) is 23.1 Å². The number of aryl methyl sites for hydroxylation is 4. The third-order valence-electron chi connectivity index (χ3n) is 4.93. The van der Waals surface area contributed by atoms with E-state index in [0.29, 0.717) is 18.1 Å². The molecule has 0 spiro atoms. The minimum absolute atomic E-state index is 0.0618. The quantitative estimate of drug-likeness (QED) is 0.708. The van der Waals surface area contributed by atoms with Crippen molar-refractivity contribution >= 4 is 5.91 Å². The molecule has 4 rings (SSSR count). The van der Waals surface area contributed by atoms with Gasteiger partial charge >= 0.3 is 0 Å². The predicted molar refractivity (Wildman–Crippen MR) is 98.0 cm³/mol. The Morgan fingerprint density at radius 2 is 2.07 bits per heavy atom. The first-order valence-electron chi connectivity index (χ1n) is 9.02. The summed E-state index contributed by atoms with van der Waals surface area (Å²) < 4.78 is 7.07. The molecule has 1 unspecified atom stereocenters. The predicted octanol–water partition coefficient (Wildman–Crippen LogP) is 2.77. The first-order chi connectivity index (χ1) is 12.9. The fraction of sp³-hybridized carbons (Fsp3) is 0.421. The van der Waals surface area contributed by atoms with Gasteiger partial charge in [0.25, 0.3) is 5.91 Å². The Hall–Kier alpha value is -3.03. The van der Waals surface area contributed by atoms with E-state index in [9.17, 15) is 4.79 Å². The van der Waals surface area contributed by atoms with Crippen LogP contribution >= 0.6 is 0 Å². The van der Waals surface area contributed by atoms with Crippen LogP contribution in [-0.2, 0) is 7.05 Å². The molecule has 8 nitrogen and oxygen atoms in total. The van der Waals surface area contributed by atoms with Crippen LogP contribution in [0.3, 0.4) is 0 Å². The SMILES string of the molecule is Cc1nc(-c2c(C)noc2C)cc(C2CCCN2C(=O)c2cn(C)cn2)n1. The maximum Gasteiger partial charge on any atom is 0.274 e. The maximum absolute atomic E-state index is 12.9. The molecular weight excluding hydrogens is 344 g/mol. The highest BCUT2D eigenvalue weighted by molar-refractivity contribution is 5.92. The molecule has 3 aromatic heterocycles. The molecule has 3 aromatic rings. The monoisotopic (exact) mass is 366 g/mol. The zero-order valence-electron chi connectivity index (χ0n) is 15.9. The van der Waals surface area contributed by atoms with Crippen molar-refractivity contribution in [2.75, 3.05) is 6.54 Å². The molecule has 1 atom stereocenters. The van der Waals surface area contributed by atoms with Crippen LogP contribution in [0.4, 0.5) is 0 Å². The molecule has 140 valence electrons. The molecule has 0 saturated carbocycles. The van der Waals surface area contributed by atoms with E-state index >= 15 is 0 Å². The molecule has 1 fully saturated rings. The summed E-state index contributed by atoms with van der Waals surface area (Å²) >= 11 is 0. The highest BCUT2D eigenvalue weighted by Crippen LogP contribution is 2.34. The first kappa shape index (κ1) is 17.4. The molecule has 0 radical (unpaired) electrons. The van der Waals surface area contributed by atoms with Gasteiger partial charge in [-0.15, -0.1) is 0 Å². The van der Waals surface area contributed by atoms with Crippen molar-refractivity contribution < 1.29 is 9.32 Å². The van der Waals surface area contributed by atoms with Gasteiger partial charge in [0.05, 0.1) is 35.0 Å². The van der Waals surface area contributed by atoms with Gasteiger partial charge in [-0.2, -0.15) is 0 Å². The Balaban J connectivity index is 1.71. The molecule has 27 heavy (non-hydrogen) atoms. The average molecular weight is 366 g/mol. The molecule has 0 aliphatic carbocycles. The summed E-state index contributed by atoms with van der Waals surface area (Å²) in [5.74, 6) is 1.33. The van der Waals surface area contributed by atoms with Crippen LogP contribution in [0, 0.1) is 20.8 Å². The Labute approximate surface area is 157 Å². The van der Waals surface area contributed by atoms with E-state index in [1.165, 1.54) is 0 Å². The standard InChI is InChI=1S/C19H22N6O2/c1-11-18(12(2)27-23-11)15-8-14(21-13(3)22-15)17-6-5-7-25(17)19(26)16-9-24(4)10-20-16/h8-10,17H,5-7H2,1-4H3. The van der Waals surface area contributed by atoms with Crippen molar-refractivity contribution in [1.29, 1.82) is 0 Å². The fourth-order valence-corrected chi connectivity index (χ4v) is 3.73. The second-order valence-corrected chi connectivity index (χ2v) is 7.01. The number of likely N-dealkylation sites (tertiary alicyclic amines) is 1. The topological polar surface area (TPSA) is 89.9 Å². The van der Waals surface area contributed by atoms with Crippen molar-refractivity contribution in [2.24, 2.45) is 7.05 Å². The Morgan fingerprint density at radius 1 is 1.26 bits per heavy atom. The van der Waals surface area contributed by atoms with Crippen LogP contribution in [-0.4, -0.2) is 42.0 Å². The second kappa shape index (κ2) is 6.61. The van der Waals surface area contributed by atoms with Crippen LogP contribution in [0.5, 0.6) is 0 Å². The van der Waals surface area contributed by atoms with Gasteiger partial charge in [0, 0.05) is 19.8 Å². The summed E-state index contributed by atoms with van der Waals surface area (Å²) in [7, 11) is 1.86. The number of amides is 1. The van der Waals surface area contributed by atoms with E-state index in [1.807, 2.05) is 38.8 Å². The number of nitrogens with zero attached hydrogens (tertiary/aromatic N) is 6. The fourth-order valence-electron chi connectivity index (χ4n) is 3.73. The normalized spacial score (nSPS) is 16.9. The lowest BCUT2D eigenvalue weighted by Crippen LogP contribution is -2.31. The van der Waals surface area contributed by atoms with E-state index < -0.39 is 0 Å². The Morgan fingerprint density at radius 3 is 2.74 bits per heavy atom. The minimum Gasteiger partial charge on any atom is -0.361 e.